The first-order valence-corrected chi connectivity index (χ1v) is 16.3. The summed E-state index contributed by atoms with van der Waals surface area (Å²) in [5.41, 5.74) is 3.02. The number of rotatable bonds is 14. The molecule has 0 aromatic heterocycles. The Morgan fingerprint density at radius 1 is 0.894 bits per heavy atom. The Hall–Kier alpha value is -4.37. The van der Waals surface area contributed by atoms with Gasteiger partial charge in [0.15, 0.2) is 0 Å². The van der Waals surface area contributed by atoms with Crippen molar-refractivity contribution >= 4 is 18.0 Å². The summed E-state index contributed by atoms with van der Waals surface area (Å²) in [5, 5.41) is 0. The first-order chi connectivity index (χ1) is 22.6. The number of carbonyl (C=O) groups excluding carboxylic acids is 3. The van der Waals surface area contributed by atoms with Crippen LogP contribution in [0.25, 0.3) is 0 Å². The van der Waals surface area contributed by atoms with Crippen LogP contribution in [0.15, 0.2) is 84.9 Å². The van der Waals surface area contributed by atoms with Gasteiger partial charge in [0.2, 0.25) is 0 Å². The molecule has 252 valence electrons. The van der Waals surface area contributed by atoms with Gasteiger partial charge in [0.05, 0.1) is 19.8 Å². The highest BCUT2D eigenvalue weighted by Gasteiger charge is 2.53. The number of esters is 2. The van der Waals surface area contributed by atoms with Crippen LogP contribution < -0.4 is 4.74 Å². The highest BCUT2D eigenvalue weighted by atomic mass is 16.7. The van der Waals surface area contributed by atoms with Crippen molar-refractivity contribution in [1.29, 1.82) is 0 Å². The van der Waals surface area contributed by atoms with Crippen molar-refractivity contribution in [1.82, 2.24) is 4.90 Å². The summed E-state index contributed by atoms with van der Waals surface area (Å²) in [6.07, 6.45) is 1.01. The van der Waals surface area contributed by atoms with Gasteiger partial charge in [0.1, 0.15) is 12.4 Å². The van der Waals surface area contributed by atoms with E-state index in [2.05, 4.69) is 13.8 Å². The van der Waals surface area contributed by atoms with E-state index in [0.717, 1.165) is 29.5 Å². The quantitative estimate of drug-likeness (QED) is 0.137. The minimum absolute atomic E-state index is 0.0742. The number of hydrogen-bond acceptors (Lipinski definition) is 8. The maximum atomic E-state index is 13.2. The van der Waals surface area contributed by atoms with Gasteiger partial charge in [0.25, 0.3) is 0 Å². The van der Waals surface area contributed by atoms with Crippen LogP contribution in [0.4, 0.5) is 4.79 Å². The molecule has 1 amide bonds. The highest BCUT2D eigenvalue weighted by molar-refractivity contribution is 5.78. The number of amides is 1. The molecule has 4 rings (SSSR count). The largest absolute Gasteiger partial charge is 0.465 e. The normalized spacial score (nSPS) is 21.3. The zero-order valence-electron chi connectivity index (χ0n) is 28.1. The second-order valence-electron chi connectivity index (χ2n) is 12.4. The van der Waals surface area contributed by atoms with Crippen molar-refractivity contribution in [2.24, 2.45) is 17.8 Å². The number of methoxy groups -OCH3 is 1. The lowest BCUT2D eigenvalue weighted by atomic mass is 9.78. The molecule has 0 radical (unpaired) electrons. The molecule has 0 N–H and O–H groups in total. The third-order valence-corrected chi connectivity index (χ3v) is 8.72. The van der Waals surface area contributed by atoms with Crippen molar-refractivity contribution in [3.05, 3.63) is 102 Å². The third-order valence-electron chi connectivity index (χ3n) is 8.72. The van der Waals surface area contributed by atoms with Crippen LogP contribution in [0.3, 0.4) is 0 Å². The molecule has 47 heavy (non-hydrogen) atoms. The van der Waals surface area contributed by atoms with Gasteiger partial charge in [0, 0.05) is 32.4 Å². The molecule has 0 saturated carbocycles. The van der Waals surface area contributed by atoms with E-state index in [9.17, 15) is 14.4 Å². The second-order valence-corrected chi connectivity index (χ2v) is 12.4. The smallest absolute Gasteiger partial charge is 0.410 e. The molecule has 3 aromatic carbocycles. The van der Waals surface area contributed by atoms with Crippen molar-refractivity contribution in [3.8, 4) is 5.75 Å². The number of hydrogen-bond donors (Lipinski definition) is 0. The van der Waals surface area contributed by atoms with E-state index < -0.39 is 17.9 Å². The molecule has 1 unspecified atom stereocenters. The lowest BCUT2D eigenvalue weighted by molar-refractivity contribution is -0.274. The van der Waals surface area contributed by atoms with Crippen molar-refractivity contribution in [3.63, 3.8) is 0 Å². The summed E-state index contributed by atoms with van der Waals surface area (Å²) in [5.74, 6) is -2.12. The van der Waals surface area contributed by atoms with Gasteiger partial charge in [-0.25, -0.2) is 9.59 Å². The summed E-state index contributed by atoms with van der Waals surface area (Å²) >= 11 is 0. The topological polar surface area (TPSA) is 101 Å². The van der Waals surface area contributed by atoms with E-state index in [1.54, 1.807) is 4.90 Å². The highest BCUT2D eigenvalue weighted by Crippen LogP contribution is 2.41. The average molecular weight is 646 g/mol. The lowest BCUT2D eigenvalue weighted by Gasteiger charge is -2.46. The maximum Gasteiger partial charge on any atom is 0.410 e. The van der Waals surface area contributed by atoms with Gasteiger partial charge in [-0.15, -0.1) is 0 Å². The van der Waals surface area contributed by atoms with E-state index in [4.69, 9.17) is 23.7 Å². The molecule has 9 nitrogen and oxygen atoms in total. The minimum atomic E-state index is -1.63. The van der Waals surface area contributed by atoms with Gasteiger partial charge < -0.3 is 28.6 Å². The molecule has 1 heterocycles. The molecule has 9 heteroatoms. The Morgan fingerprint density at radius 2 is 1.53 bits per heavy atom. The van der Waals surface area contributed by atoms with Crippen LogP contribution in [0.5, 0.6) is 5.75 Å². The standard InChI is InChI=1S/C38H47NO8/c1-27-23-38(36(41)43-5,47-35(29(27)3)28(2)25-44-30(4)40)46-34-20-18-31(19-21-34)17-12-22-39(24-32-13-8-6-9-14-32)37(42)45-26-33-15-10-7-11-16-33/h6-11,13-16,18-21,27-29,35H,12,17,22-26H2,1-5H3/t27-,28-,29-,35?,38-/m1/s1. The molecule has 1 aliphatic rings. The Balaban J connectivity index is 1.39. The van der Waals surface area contributed by atoms with Crippen LogP contribution in [0.1, 0.15) is 57.2 Å². The van der Waals surface area contributed by atoms with Crippen molar-refractivity contribution in [2.75, 3.05) is 20.3 Å². The lowest BCUT2D eigenvalue weighted by Crippen LogP contribution is -2.58. The van der Waals surface area contributed by atoms with Crippen LogP contribution in [0, 0.1) is 17.8 Å². The Morgan fingerprint density at radius 3 is 2.15 bits per heavy atom. The van der Waals surface area contributed by atoms with Crippen molar-refractivity contribution in [2.45, 2.75) is 72.0 Å². The molecule has 0 bridgehead atoms. The number of aryl methyl sites for hydroxylation is 1. The second kappa shape index (κ2) is 17.0. The van der Waals surface area contributed by atoms with E-state index in [1.807, 2.05) is 91.9 Å². The molecule has 0 spiro atoms. The summed E-state index contributed by atoms with van der Waals surface area (Å²) < 4.78 is 28.8. The molecular formula is C38H47NO8. The number of carbonyl (C=O) groups is 3. The Kier molecular flexibility index (Phi) is 12.8. The fourth-order valence-corrected chi connectivity index (χ4v) is 5.92. The predicted molar refractivity (Wildman–Crippen MR) is 177 cm³/mol. The molecular weight excluding hydrogens is 598 g/mol. The van der Waals surface area contributed by atoms with Gasteiger partial charge in [-0.3, -0.25) is 4.79 Å². The number of ether oxygens (including phenoxy) is 5. The van der Waals surface area contributed by atoms with Gasteiger partial charge in [-0.05, 0) is 53.5 Å². The SMILES string of the molecule is COC(=O)[C@@]1(Oc2ccc(CCCN(Cc3ccccc3)C(=O)OCc3ccccc3)cc2)C[C@@H](C)[C@@H](C)C([C@H](C)COC(C)=O)O1. The fourth-order valence-electron chi connectivity index (χ4n) is 5.92. The van der Waals surface area contributed by atoms with Crippen LogP contribution in [-0.2, 0) is 48.1 Å². The van der Waals surface area contributed by atoms with E-state index in [1.165, 1.54) is 14.0 Å². The Labute approximate surface area is 278 Å². The van der Waals surface area contributed by atoms with E-state index in [-0.39, 0.29) is 43.0 Å². The van der Waals surface area contributed by atoms with Crippen LogP contribution in [0.2, 0.25) is 0 Å². The summed E-state index contributed by atoms with van der Waals surface area (Å²) in [7, 11) is 1.32. The molecule has 1 fully saturated rings. The zero-order valence-corrected chi connectivity index (χ0v) is 28.1. The third kappa shape index (κ3) is 10.1. The van der Waals surface area contributed by atoms with Gasteiger partial charge in [-0.2, -0.15) is 0 Å². The zero-order chi connectivity index (χ0) is 33.8. The number of nitrogens with zero attached hydrogens (tertiary/aromatic N) is 1. The average Bonchev–Trinajstić information content (AvgIpc) is 3.08. The van der Waals surface area contributed by atoms with E-state index in [0.29, 0.717) is 25.3 Å². The van der Waals surface area contributed by atoms with Gasteiger partial charge in [-0.1, -0.05) is 93.6 Å². The summed E-state index contributed by atoms with van der Waals surface area (Å²) in [6.45, 7) is 8.79. The monoisotopic (exact) mass is 645 g/mol. The van der Waals surface area contributed by atoms with E-state index >= 15 is 0 Å². The van der Waals surface area contributed by atoms with Crippen molar-refractivity contribution < 1.29 is 38.1 Å². The maximum absolute atomic E-state index is 13.2. The van der Waals surface area contributed by atoms with Crippen LogP contribution in [-0.4, -0.2) is 55.1 Å². The first kappa shape index (κ1) is 35.5. The van der Waals surface area contributed by atoms with Gasteiger partial charge >= 0.3 is 23.8 Å². The fraction of sp³-hybridized carbons (Fsp3) is 0.447. The molecule has 1 aliphatic heterocycles. The molecule has 0 aliphatic carbocycles. The predicted octanol–water partition coefficient (Wildman–Crippen LogP) is 6.97. The molecule has 5 atom stereocenters. The summed E-state index contributed by atoms with van der Waals surface area (Å²) in [6, 6.07) is 27.0. The van der Waals surface area contributed by atoms with Crippen LogP contribution >= 0.6 is 0 Å². The molecule has 3 aromatic rings. The Bertz CT molecular complexity index is 1430. The summed E-state index contributed by atoms with van der Waals surface area (Å²) in [4.78, 5) is 39.4. The minimum Gasteiger partial charge on any atom is -0.465 e. The first-order valence-electron chi connectivity index (χ1n) is 16.3. The molecule has 1 saturated heterocycles. The number of benzene rings is 3.